The van der Waals surface area contributed by atoms with E-state index in [2.05, 4.69) is 0 Å². The van der Waals surface area contributed by atoms with E-state index in [9.17, 15) is 8.42 Å². The predicted octanol–water partition coefficient (Wildman–Crippen LogP) is 2.54. The lowest BCUT2D eigenvalue weighted by Gasteiger charge is -2.00. The Kier molecular flexibility index (Phi) is 3.22. The zero-order chi connectivity index (χ0) is 10.1. The van der Waals surface area contributed by atoms with Gasteiger partial charge >= 0.3 is 0 Å². The summed E-state index contributed by atoms with van der Waals surface area (Å²) in [7, 11) is -3.01. The Balaban J connectivity index is 2.99. The van der Waals surface area contributed by atoms with Crippen LogP contribution < -0.4 is 0 Å². The van der Waals surface area contributed by atoms with E-state index in [0.29, 0.717) is 15.6 Å². The van der Waals surface area contributed by atoms with Crippen LogP contribution in [0.4, 0.5) is 0 Å². The molecule has 0 spiro atoms. The molecule has 0 aliphatic carbocycles. The minimum Gasteiger partial charge on any atom is -0.229 e. The Labute approximate surface area is 87.4 Å². The van der Waals surface area contributed by atoms with Crippen molar-refractivity contribution >= 4 is 33.0 Å². The third kappa shape index (κ3) is 3.55. The van der Waals surface area contributed by atoms with Gasteiger partial charge in [0.25, 0.3) is 0 Å². The summed E-state index contributed by atoms with van der Waals surface area (Å²) in [6.07, 6.45) is 1.18. The Bertz CT molecular complexity index is 412. The van der Waals surface area contributed by atoms with E-state index in [-0.39, 0.29) is 5.75 Å². The lowest BCUT2D eigenvalue weighted by atomic mass is 10.2. The predicted molar refractivity (Wildman–Crippen MR) is 55.0 cm³/mol. The fraction of sp³-hybridized carbons (Fsp3) is 0.250. The van der Waals surface area contributed by atoms with Crippen LogP contribution in [0.1, 0.15) is 5.56 Å². The highest BCUT2D eigenvalue weighted by Gasteiger charge is 2.06. The summed E-state index contributed by atoms with van der Waals surface area (Å²) >= 11 is 11.4. The number of halogens is 2. The van der Waals surface area contributed by atoms with Gasteiger partial charge < -0.3 is 0 Å². The lowest BCUT2D eigenvalue weighted by molar-refractivity contribution is 0.601. The Morgan fingerprint density at radius 1 is 1.23 bits per heavy atom. The molecule has 0 saturated heterocycles. The van der Waals surface area contributed by atoms with Crippen molar-refractivity contribution < 1.29 is 8.42 Å². The minimum atomic E-state index is -3.01. The summed E-state index contributed by atoms with van der Waals surface area (Å²) < 4.78 is 21.8. The van der Waals surface area contributed by atoms with Gasteiger partial charge in [-0.15, -0.1) is 0 Å². The zero-order valence-electron chi connectivity index (χ0n) is 6.92. The molecule has 0 radical (unpaired) electrons. The molecule has 0 heterocycles. The van der Waals surface area contributed by atoms with E-state index in [4.69, 9.17) is 23.2 Å². The molecule has 0 N–H and O–H groups in total. The van der Waals surface area contributed by atoms with Crippen LogP contribution in [0.5, 0.6) is 0 Å². The summed E-state index contributed by atoms with van der Waals surface area (Å²) in [5.74, 6) is -0.0100. The van der Waals surface area contributed by atoms with Gasteiger partial charge in [0.1, 0.15) is 0 Å². The molecular weight excluding hydrogens is 231 g/mol. The maximum atomic E-state index is 10.9. The number of benzene rings is 1. The van der Waals surface area contributed by atoms with Crippen molar-refractivity contribution in [3.63, 3.8) is 0 Å². The molecule has 0 saturated carbocycles. The Hall–Kier alpha value is -0.250. The maximum Gasteiger partial charge on any atom is 0.151 e. The highest BCUT2D eigenvalue weighted by Crippen LogP contribution is 2.23. The van der Waals surface area contributed by atoms with E-state index >= 15 is 0 Å². The second-order valence-electron chi connectivity index (χ2n) is 2.82. The second-order valence-corrected chi connectivity index (χ2v) is 5.77. The first-order chi connectivity index (χ1) is 5.88. The van der Waals surface area contributed by atoms with Gasteiger partial charge in [-0.1, -0.05) is 29.3 Å². The molecule has 0 aliphatic rings. The molecule has 1 aromatic rings. The average Bonchev–Trinajstić information content (AvgIpc) is 1.94. The minimum absolute atomic E-state index is 0.0100. The smallest absolute Gasteiger partial charge is 0.151 e. The highest BCUT2D eigenvalue weighted by atomic mass is 35.5. The number of rotatable bonds is 2. The van der Waals surface area contributed by atoms with Gasteiger partial charge in [-0.05, 0) is 17.7 Å². The van der Waals surface area contributed by atoms with Crippen LogP contribution in [0, 0.1) is 0 Å². The fourth-order valence-corrected chi connectivity index (χ4v) is 2.04. The monoisotopic (exact) mass is 238 g/mol. The molecule has 0 aliphatic heterocycles. The molecule has 0 aromatic heterocycles. The van der Waals surface area contributed by atoms with Crippen molar-refractivity contribution in [1.29, 1.82) is 0 Å². The van der Waals surface area contributed by atoms with Crippen molar-refractivity contribution in [3.05, 3.63) is 33.8 Å². The molecule has 0 amide bonds. The lowest BCUT2D eigenvalue weighted by Crippen LogP contribution is -2.00. The molecule has 13 heavy (non-hydrogen) atoms. The van der Waals surface area contributed by atoms with Gasteiger partial charge in [-0.25, -0.2) is 8.42 Å². The van der Waals surface area contributed by atoms with Gasteiger partial charge in [0.15, 0.2) is 9.84 Å². The van der Waals surface area contributed by atoms with E-state index in [0.717, 1.165) is 0 Å². The molecule has 72 valence electrons. The van der Waals surface area contributed by atoms with Crippen LogP contribution in [0.25, 0.3) is 0 Å². The molecule has 0 bridgehead atoms. The quantitative estimate of drug-likeness (QED) is 0.794. The molecule has 1 rings (SSSR count). The summed E-state index contributed by atoms with van der Waals surface area (Å²) in [6.45, 7) is 0. The van der Waals surface area contributed by atoms with Crippen molar-refractivity contribution in [1.82, 2.24) is 0 Å². The topological polar surface area (TPSA) is 34.1 Å². The third-order valence-electron chi connectivity index (χ3n) is 1.41. The first-order valence-electron chi connectivity index (χ1n) is 3.50. The number of hydrogen-bond donors (Lipinski definition) is 0. The normalized spacial score (nSPS) is 11.6. The van der Waals surface area contributed by atoms with Gasteiger partial charge in [0.2, 0.25) is 0 Å². The first-order valence-corrected chi connectivity index (χ1v) is 6.32. The standard InChI is InChI=1S/C8H8Cl2O2S/c1-13(11,12)5-6-2-3-7(9)8(10)4-6/h2-4H,5H2,1H3. The molecule has 0 atom stereocenters. The van der Waals surface area contributed by atoms with Crippen molar-refractivity contribution in [2.75, 3.05) is 6.26 Å². The van der Waals surface area contributed by atoms with Crippen LogP contribution in [-0.4, -0.2) is 14.7 Å². The molecule has 2 nitrogen and oxygen atoms in total. The maximum absolute atomic E-state index is 10.9. The van der Waals surface area contributed by atoms with Crippen LogP contribution >= 0.6 is 23.2 Å². The molecule has 5 heteroatoms. The Morgan fingerprint density at radius 3 is 2.31 bits per heavy atom. The van der Waals surface area contributed by atoms with E-state index < -0.39 is 9.84 Å². The van der Waals surface area contributed by atoms with Gasteiger partial charge in [0.05, 0.1) is 15.8 Å². The van der Waals surface area contributed by atoms with E-state index in [1.54, 1.807) is 18.2 Å². The zero-order valence-corrected chi connectivity index (χ0v) is 9.25. The van der Waals surface area contributed by atoms with Crippen LogP contribution in [-0.2, 0) is 15.6 Å². The van der Waals surface area contributed by atoms with Gasteiger partial charge in [0, 0.05) is 6.26 Å². The molecule has 0 unspecified atom stereocenters. The van der Waals surface area contributed by atoms with Gasteiger partial charge in [-0.3, -0.25) is 0 Å². The largest absolute Gasteiger partial charge is 0.229 e. The van der Waals surface area contributed by atoms with Crippen molar-refractivity contribution in [2.45, 2.75) is 5.75 Å². The van der Waals surface area contributed by atoms with Crippen LogP contribution in [0.15, 0.2) is 18.2 Å². The summed E-state index contributed by atoms with van der Waals surface area (Å²) in [4.78, 5) is 0. The molecule has 0 fully saturated rings. The third-order valence-corrected chi connectivity index (χ3v) is 3.01. The highest BCUT2D eigenvalue weighted by molar-refractivity contribution is 7.89. The molecule has 1 aromatic carbocycles. The average molecular weight is 239 g/mol. The fourth-order valence-electron chi connectivity index (χ4n) is 0.932. The van der Waals surface area contributed by atoms with Crippen LogP contribution in [0.3, 0.4) is 0 Å². The summed E-state index contributed by atoms with van der Waals surface area (Å²) in [5.41, 5.74) is 0.650. The first kappa shape index (κ1) is 10.8. The summed E-state index contributed by atoms with van der Waals surface area (Å²) in [5, 5.41) is 0.807. The molecular formula is C8H8Cl2O2S. The van der Waals surface area contributed by atoms with Crippen molar-refractivity contribution in [3.8, 4) is 0 Å². The Morgan fingerprint density at radius 2 is 1.85 bits per heavy atom. The van der Waals surface area contributed by atoms with Crippen LogP contribution in [0.2, 0.25) is 10.0 Å². The summed E-state index contributed by atoms with van der Waals surface area (Å²) in [6, 6.07) is 4.80. The van der Waals surface area contributed by atoms with Gasteiger partial charge in [-0.2, -0.15) is 0 Å². The number of hydrogen-bond acceptors (Lipinski definition) is 2. The van der Waals surface area contributed by atoms with E-state index in [1.165, 1.54) is 6.26 Å². The van der Waals surface area contributed by atoms with Crippen molar-refractivity contribution in [2.24, 2.45) is 0 Å². The van der Waals surface area contributed by atoms with E-state index in [1.807, 2.05) is 0 Å². The second kappa shape index (κ2) is 3.86. The SMILES string of the molecule is CS(=O)(=O)Cc1ccc(Cl)c(Cl)c1. The number of sulfone groups is 1.